The molecular formula is C54H45BN2O. The van der Waals surface area contributed by atoms with Gasteiger partial charge in [-0.15, -0.1) is 0 Å². The molecule has 0 saturated carbocycles. The Morgan fingerprint density at radius 3 is 1.91 bits per heavy atom. The largest absolute Gasteiger partial charge is 0.456 e. The molecule has 58 heavy (non-hydrogen) atoms. The molecule has 0 amide bonds. The minimum absolute atomic E-state index is 0.0241. The molecule has 0 bridgehead atoms. The van der Waals surface area contributed by atoms with Crippen LogP contribution in [-0.2, 0) is 10.8 Å². The maximum atomic E-state index is 6.73. The molecule has 0 spiro atoms. The van der Waals surface area contributed by atoms with Crippen LogP contribution in [0.5, 0.6) is 0 Å². The summed E-state index contributed by atoms with van der Waals surface area (Å²) in [5.74, 6) is 0. The second-order valence-electron chi connectivity index (χ2n) is 18.2. The second kappa shape index (κ2) is 12.5. The number of nitrogens with zero attached hydrogens (tertiary/aromatic N) is 2. The quantitative estimate of drug-likeness (QED) is 0.168. The van der Waals surface area contributed by atoms with Crippen LogP contribution in [0.3, 0.4) is 0 Å². The summed E-state index contributed by atoms with van der Waals surface area (Å²) in [6.45, 7) is 13.6. The Labute approximate surface area is 341 Å². The summed E-state index contributed by atoms with van der Waals surface area (Å²) in [5.41, 5.74) is 17.8. The van der Waals surface area contributed by atoms with Gasteiger partial charge in [0.2, 0.25) is 0 Å². The topological polar surface area (TPSA) is 19.6 Å². The van der Waals surface area contributed by atoms with Crippen molar-refractivity contribution in [1.82, 2.24) is 0 Å². The standard InChI is InChI=1S/C54H45BN2O/c1-53(2,3)36-24-27-38(28-25-36)57-46-22-14-12-21-41(46)51-39-19-11-10-18-35(39)30-48-52(51)55(57)44-33-50-43(40-20-13-15-23-49(40)58-50)32-47(44)56(48)45-29-26-37(54(4,5)6)31-42(45)34-16-8-7-9-17-34/h7-33H,1-6H3. The van der Waals surface area contributed by atoms with E-state index >= 15 is 0 Å². The summed E-state index contributed by atoms with van der Waals surface area (Å²) in [5, 5.41) is 4.73. The average molecular weight is 749 g/mol. The van der Waals surface area contributed by atoms with Crippen molar-refractivity contribution in [2.24, 2.45) is 0 Å². The van der Waals surface area contributed by atoms with Crippen molar-refractivity contribution in [2.45, 2.75) is 52.4 Å². The predicted octanol–water partition coefficient (Wildman–Crippen LogP) is 13.7. The third kappa shape index (κ3) is 5.21. The van der Waals surface area contributed by atoms with Crippen LogP contribution in [-0.4, -0.2) is 6.85 Å². The van der Waals surface area contributed by atoms with E-state index in [2.05, 4.69) is 215 Å². The summed E-state index contributed by atoms with van der Waals surface area (Å²) in [6.07, 6.45) is 0. The second-order valence-corrected chi connectivity index (χ2v) is 18.2. The zero-order valence-corrected chi connectivity index (χ0v) is 34.0. The van der Waals surface area contributed by atoms with Crippen molar-refractivity contribution in [2.75, 3.05) is 9.71 Å². The van der Waals surface area contributed by atoms with Crippen LogP contribution in [0.4, 0.5) is 28.4 Å². The monoisotopic (exact) mass is 748 g/mol. The molecule has 0 fully saturated rings. The van der Waals surface area contributed by atoms with Gasteiger partial charge in [0.15, 0.2) is 0 Å². The van der Waals surface area contributed by atoms with E-state index in [1.807, 2.05) is 0 Å². The molecule has 2 aliphatic heterocycles. The summed E-state index contributed by atoms with van der Waals surface area (Å²) in [7, 11) is 0. The molecule has 0 radical (unpaired) electrons. The Hall–Kier alpha value is -6.52. The first kappa shape index (κ1) is 34.7. The molecule has 0 aliphatic carbocycles. The molecule has 4 heteroatoms. The number of furan rings is 1. The third-order valence-electron chi connectivity index (χ3n) is 12.5. The highest BCUT2D eigenvalue weighted by Crippen LogP contribution is 2.51. The highest BCUT2D eigenvalue weighted by molar-refractivity contribution is 6.94. The summed E-state index contributed by atoms with van der Waals surface area (Å²) in [6, 6.07) is 60.9. The molecule has 1 aromatic heterocycles. The first-order chi connectivity index (χ1) is 28.0. The molecule has 3 nitrogen and oxygen atoms in total. The van der Waals surface area contributed by atoms with Gasteiger partial charge in [-0.2, -0.15) is 0 Å². The number of hydrogen-bond acceptors (Lipinski definition) is 3. The average Bonchev–Trinajstić information content (AvgIpc) is 3.60. The first-order valence-corrected chi connectivity index (χ1v) is 20.5. The number of para-hydroxylation sites is 2. The minimum atomic E-state index is -0.136. The molecule has 0 N–H and O–H groups in total. The Morgan fingerprint density at radius 1 is 0.466 bits per heavy atom. The molecule has 11 rings (SSSR count). The van der Waals surface area contributed by atoms with Gasteiger partial charge >= 0.3 is 6.85 Å². The van der Waals surface area contributed by atoms with E-state index in [4.69, 9.17) is 4.42 Å². The lowest BCUT2D eigenvalue weighted by Gasteiger charge is -2.46. The van der Waals surface area contributed by atoms with Crippen molar-refractivity contribution >= 4 is 78.9 Å². The van der Waals surface area contributed by atoms with Crippen LogP contribution >= 0.6 is 0 Å². The lowest BCUT2D eigenvalue weighted by atomic mass is 9.43. The Morgan fingerprint density at radius 2 is 1.14 bits per heavy atom. The SMILES string of the molecule is CC(C)(C)c1ccc(N2B3c4cc5oc6ccccc6c5cc4N(c4ccc(C(C)(C)C)cc4-c4ccccc4)c4cc5ccccc5c(c43)-c3ccccc32)cc1. The highest BCUT2D eigenvalue weighted by Gasteiger charge is 2.46. The lowest BCUT2D eigenvalue weighted by molar-refractivity contribution is 0.590. The number of anilines is 5. The Bertz CT molecular complexity index is 3090. The number of hydrogen-bond donors (Lipinski definition) is 0. The number of rotatable bonds is 3. The van der Waals surface area contributed by atoms with E-state index in [9.17, 15) is 0 Å². The van der Waals surface area contributed by atoms with E-state index < -0.39 is 0 Å². The molecule has 9 aromatic rings. The third-order valence-corrected chi connectivity index (χ3v) is 12.5. The van der Waals surface area contributed by atoms with Gasteiger partial charge in [0.05, 0.1) is 5.69 Å². The normalized spacial score (nSPS) is 13.6. The fourth-order valence-electron chi connectivity index (χ4n) is 9.59. The molecule has 2 aliphatic rings. The van der Waals surface area contributed by atoms with Crippen molar-refractivity contribution < 1.29 is 4.42 Å². The van der Waals surface area contributed by atoms with Crippen molar-refractivity contribution in [1.29, 1.82) is 0 Å². The van der Waals surface area contributed by atoms with Crippen LogP contribution in [0, 0.1) is 0 Å². The van der Waals surface area contributed by atoms with Crippen molar-refractivity contribution in [3.05, 3.63) is 175 Å². The maximum absolute atomic E-state index is 6.73. The van der Waals surface area contributed by atoms with E-state index in [1.54, 1.807) is 0 Å². The molecule has 0 atom stereocenters. The molecule has 0 unspecified atom stereocenters. The van der Waals surface area contributed by atoms with Gasteiger partial charge in [0.25, 0.3) is 0 Å². The molecular weight excluding hydrogens is 703 g/mol. The Balaban J connectivity index is 1.30. The van der Waals surface area contributed by atoms with Gasteiger partial charge in [0, 0.05) is 44.6 Å². The van der Waals surface area contributed by atoms with Gasteiger partial charge in [-0.25, -0.2) is 0 Å². The van der Waals surface area contributed by atoms with Crippen molar-refractivity contribution in [3.63, 3.8) is 0 Å². The van der Waals surface area contributed by atoms with Crippen LogP contribution < -0.4 is 20.6 Å². The molecule has 0 saturated heterocycles. The van der Waals surface area contributed by atoms with Crippen LogP contribution in [0.15, 0.2) is 168 Å². The van der Waals surface area contributed by atoms with Crippen LogP contribution in [0.2, 0.25) is 0 Å². The number of benzene rings is 8. The lowest BCUT2D eigenvalue weighted by Crippen LogP contribution is -2.61. The minimum Gasteiger partial charge on any atom is -0.456 e. The summed E-state index contributed by atoms with van der Waals surface area (Å²) >= 11 is 0. The van der Waals surface area contributed by atoms with E-state index in [-0.39, 0.29) is 17.7 Å². The smallest absolute Gasteiger partial charge is 0.333 e. The van der Waals surface area contributed by atoms with Gasteiger partial charge in [-0.05, 0) is 109 Å². The van der Waals surface area contributed by atoms with Crippen LogP contribution in [0.1, 0.15) is 52.7 Å². The van der Waals surface area contributed by atoms with E-state index in [0.29, 0.717) is 0 Å². The molecule has 3 heterocycles. The zero-order chi connectivity index (χ0) is 39.5. The van der Waals surface area contributed by atoms with Crippen molar-refractivity contribution in [3.8, 4) is 22.3 Å². The first-order valence-electron chi connectivity index (χ1n) is 20.5. The number of fused-ring (bicyclic) bond motifs is 9. The summed E-state index contributed by atoms with van der Waals surface area (Å²) in [4.78, 5) is 5.16. The predicted molar refractivity (Wildman–Crippen MR) is 248 cm³/mol. The van der Waals surface area contributed by atoms with E-state index in [0.717, 1.165) is 33.3 Å². The van der Waals surface area contributed by atoms with Gasteiger partial charge in [0.1, 0.15) is 11.2 Å². The van der Waals surface area contributed by atoms with Gasteiger partial charge < -0.3 is 14.1 Å². The van der Waals surface area contributed by atoms with Gasteiger partial charge in [-0.3, -0.25) is 0 Å². The fraction of sp³-hybridized carbons (Fsp3) is 0.148. The fourth-order valence-corrected chi connectivity index (χ4v) is 9.59. The summed E-state index contributed by atoms with van der Waals surface area (Å²) < 4.78 is 6.73. The molecule has 8 aromatic carbocycles. The van der Waals surface area contributed by atoms with Gasteiger partial charge in [-0.1, -0.05) is 151 Å². The van der Waals surface area contributed by atoms with E-state index in [1.165, 1.54) is 72.1 Å². The zero-order valence-electron chi connectivity index (χ0n) is 34.0. The highest BCUT2D eigenvalue weighted by atomic mass is 16.3. The van der Waals surface area contributed by atoms with Crippen LogP contribution in [0.25, 0.3) is 55.0 Å². The Kier molecular flexibility index (Phi) is 7.48. The maximum Gasteiger partial charge on any atom is 0.333 e. The molecule has 280 valence electrons.